The molecule has 0 spiro atoms. The van der Waals surface area contributed by atoms with Crippen LogP contribution in [0.4, 0.5) is 5.69 Å². The minimum Gasteiger partial charge on any atom is -0.482 e. The van der Waals surface area contributed by atoms with E-state index in [1.54, 1.807) is 12.1 Å². The summed E-state index contributed by atoms with van der Waals surface area (Å²) in [6.07, 6.45) is 1.39. The SMILES string of the molecule is O=C(O)COc1ccc(NC(=O)c2cc[nH]c(=O)c2)cc1. The Kier molecular flexibility index (Phi) is 4.35. The molecule has 7 nitrogen and oxygen atoms in total. The van der Waals surface area contributed by atoms with Crippen molar-refractivity contribution in [1.82, 2.24) is 4.98 Å². The number of ether oxygens (including phenoxy) is 1. The van der Waals surface area contributed by atoms with Crippen molar-refractivity contribution in [3.05, 3.63) is 58.5 Å². The Morgan fingerprint density at radius 2 is 1.90 bits per heavy atom. The summed E-state index contributed by atoms with van der Waals surface area (Å²) in [5, 5.41) is 11.1. The molecule has 0 saturated heterocycles. The van der Waals surface area contributed by atoms with Gasteiger partial charge < -0.3 is 20.1 Å². The van der Waals surface area contributed by atoms with Gasteiger partial charge >= 0.3 is 5.97 Å². The molecule has 1 aromatic carbocycles. The van der Waals surface area contributed by atoms with Gasteiger partial charge in [-0.05, 0) is 30.3 Å². The lowest BCUT2D eigenvalue weighted by atomic mass is 10.2. The summed E-state index contributed by atoms with van der Waals surface area (Å²) in [5.41, 5.74) is 0.382. The number of pyridine rings is 1. The molecule has 2 aromatic rings. The number of H-pyrrole nitrogens is 1. The first-order valence-electron chi connectivity index (χ1n) is 5.99. The fraction of sp³-hybridized carbons (Fsp3) is 0.0714. The average Bonchev–Trinajstić information content (AvgIpc) is 2.46. The Morgan fingerprint density at radius 1 is 1.19 bits per heavy atom. The highest BCUT2D eigenvalue weighted by atomic mass is 16.5. The predicted octanol–water partition coefficient (Wildman–Crippen LogP) is 1.09. The van der Waals surface area contributed by atoms with E-state index in [-0.39, 0.29) is 11.1 Å². The number of hydrogen-bond acceptors (Lipinski definition) is 4. The third kappa shape index (κ3) is 4.20. The maximum absolute atomic E-state index is 11.9. The van der Waals surface area contributed by atoms with Gasteiger partial charge in [0.2, 0.25) is 5.56 Å². The van der Waals surface area contributed by atoms with E-state index < -0.39 is 18.5 Å². The van der Waals surface area contributed by atoms with E-state index in [9.17, 15) is 14.4 Å². The van der Waals surface area contributed by atoms with Gasteiger partial charge in [0.1, 0.15) is 5.75 Å². The van der Waals surface area contributed by atoms with Crippen LogP contribution in [0, 0.1) is 0 Å². The van der Waals surface area contributed by atoms with Gasteiger partial charge in [-0.25, -0.2) is 4.79 Å². The lowest BCUT2D eigenvalue weighted by molar-refractivity contribution is -0.139. The fourth-order valence-electron chi connectivity index (χ4n) is 1.57. The molecule has 1 amide bonds. The summed E-state index contributed by atoms with van der Waals surface area (Å²) in [4.78, 5) is 35.8. The Hall–Kier alpha value is -3.09. The molecular formula is C14H12N2O5. The van der Waals surface area contributed by atoms with Gasteiger partial charge in [0.25, 0.3) is 5.91 Å². The number of aliphatic carboxylic acids is 1. The molecule has 2 rings (SSSR count). The minimum absolute atomic E-state index is 0.241. The average molecular weight is 288 g/mol. The van der Waals surface area contributed by atoms with Gasteiger partial charge in [-0.1, -0.05) is 0 Å². The summed E-state index contributed by atoms with van der Waals surface area (Å²) in [7, 11) is 0. The third-order valence-electron chi connectivity index (χ3n) is 2.51. The van der Waals surface area contributed by atoms with Crippen LogP contribution in [0.2, 0.25) is 0 Å². The number of anilines is 1. The second-order valence-electron chi connectivity index (χ2n) is 4.10. The smallest absolute Gasteiger partial charge is 0.341 e. The molecule has 0 radical (unpaired) electrons. The number of benzene rings is 1. The highest BCUT2D eigenvalue weighted by Crippen LogP contribution is 2.16. The van der Waals surface area contributed by atoms with Gasteiger partial charge in [-0.2, -0.15) is 0 Å². The summed E-state index contributed by atoms with van der Waals surface area (Å²) >= 11 is 0. The van der Waals surface area contributed by atoms with Crippen LogP contribution < -0.4 is 15.6 Å². The molecule has 0 unspecified atom stereocenters. The number of amides is 1. The number of hydrogen-bond donors (Lipinski definition) is 3. The van der Waals surface area contributed by atoms with E-state index in [1.807, 2.05) is 0 Å². The molecule has 0 fully saturated rings. The first-order chi connectivity index (χ1) is 10.0. The van der Waals surface area contributed by atoms with Crippen LogP contribution in [0.5, 0.6) is 5.75 Å². The number of nitrogens with one attached hydrogen (secondary N) is 2. The van der Waals surface area contributed by atoms with Gasteiger partial charge in [0.05, 0.1) is 0 Å². The Labute approximate surface area is 119 Å². The quantitative estimate of drug-likeness (QED) is 0.763. The number of rotatable bonds is 5. The summed E-state index contributed by atoms with van der Waals surface area (Å²) in [5.74, 6) is -1.10. The maximum Gasteiger partial charge on any atom is 0.341 e. The zero-order valence-corrected chi connectivity index (χ0v) is 10.8. The number of carbonyl (C=O) groups is 2. The summed E-state index contributed by atoms with van der Waals surface area (Å²) < 4.78 is 4.97. The van der Waals surface area contributed by atoms with Crippen molar-refractivity contribution in [1.29, 1.82) is 0 Å². The van der Waals surface area contributed by atoms with Crippen molar-refractivity contribution in [2.45, 2.75) is 0 Å². The first kappa shape index (κ1) is 14.3. The molecule has 0 aliphatic carbocycles. The molecule has 0 bridgehead atoms. The van der Waals surface area contributed by atoms with E-state index in [0.29, 0.717) is 11.4 Å². The van der Waals surface area contributed by atoms with Gasteiger partial charge in [0.15, 0.2) is 6.61 Å². The molecule has 108 valence electrons. The highest BCUT2D eigenvalue weighted by Gasteiger charge is 2.06. The lowest BCUT2D eigenvalue weighted by Crippen LogP contribution is -2.15. The normalized spacial score (nSPS) is 9.90. The van der Waals surface area contributed by atoms with Crippen LogP contribution in [0.15, 0.2) is 47.4 Å². The van der Waals surface area contributed by atoms with Crippen LogP contribution in [0.1, 0.15) is 10.4 Å². The highest BCUT2D eigenvalue weighted by molar-refractivity contribution is 6.04. The number of carbonyl (C=O) groups excluding carboxylic acids is 1. The van der Waals surface area contributed by atoms with Crippen molar-refractivity contribution in [2.24, 2.45) is 0 Å². The summed E-state index contributed by atoms with van der Waals surface area (Å²) in [6, 6.07) is 8.90. The number of aromatic nitrogens is 1. The Bertz CT molecular complexity index is 706. The number of carboxylic acids is 1. The monoisotopic (exact) mass is 288 g/mol. The van der Waals surface area contributed by atoms with Crippen LogP contribution in [-0.4, -0.2) is 28.6 Å². The molecule has 1 aromatic heterocycles. The van der Waals surface area contributed by atoms with Crippen LogP contribution >= 0.6 is 0 Å². The van der Waals surface area contributed by atoms with E-state index >= 15 is 0 Å². The molecule has 1 heterocycles. The fourth-order valence-corrected chi connectivity index (χ4v) is 1.57. The van der Waals surface area contributed by atoms with Crippen LogP contribution in [0.25, 0.3) is 0 Å². The Balaban J connectivity index is 2.01. The van der Waals surface area contributed by atoms with Gasteiger partial charge in [0, 0.05) is 23.5 Å². The third-order valence-corrected chi connectivity index (χ3v) is 2.51. The zero-order chi connectivity index (χ0) is 15.2. The molecule has 3 N–H and O–H groups in total. The number of aromatic amines is 1. The largest absolute Gasteiger partial charge is 0.482 e. The topological polar surface area (TPSA) is 108 Å². The second-order valence-corrected chi connectivity index (χ2v) is 4.10. The molecule has 7 heteroatoms. The molecule has 0 aliphatic rings. The van der Waals surface area contributed by atoms with Crippen molar-refractivity contribution in [3.8, 4) is 5.75 Å². The van der Waals surface area contributed by atoms with E-state index in [2.05, 4.69) is 10.3 Å². The minimum atomic E-state index is -1.07. The van der Waals surface area contributed by atoms with Crippen LogP contribution in [-0.2, 0) is 4.79 Å². The van der Waals surface area contributed by atoms with Crippen LogP contribution in [0.3, 0.4) is 0 Å². The Morgan fingerprint density at radius 3 is 2.52 bits per heavy atom. The van der Waals surface area contributed by atoms with Crippen molar-refractivity contribution < 1.29 is 19.4 Å². The molecule has 21 heavy (non-hydrogen) atoms. The summed E-state index contributed by atoms with van der Waals surface area (Å²) in [6.45, 7) is -0.432. The molecule has 0 saturated carbocycles. The van der Waals surface area contributed by atoms with Gasteiger partial charge in [-0.3, -0.25) is 9.59 Å². The van der Waals surface area contributed by atoms with E-state index in [1.165, 1.54) is 30.5 Å². The maximum atomic E-state index is 11.9. The van der Waals surface area contributed by atoms with Crippen molar-refractivity contribution >= 4 is 17.6 Å². The van der Waals surface area contributed by atoms with Crippen molar-refractivity contribution in [3.63, 3.8) is 0 Å². The zero-order valence-electron chi connectivity index (χ0n) is 10.8. The second kappa shape index (κ2) is 6.38. The standard InChI is InChI=1S/C14H12N2O5/c17-12-7-9(5-6-15-12)14(20)16-10-1-3-11(4-2-10)21-8-13(18)19/h1-7H,8H2,(H,15,17)(H,16,20)(H,18,19). The molecular weight excluding hydrogens is 276 g/mol. The van der Waals surface area contributed by atoms with Crippen molar-refractivity contribution in [2.75, 3.05) is 11.9 Å². The molecule has 0 aliphatic heterocycles. The molecule has 0 atom stereocenters. The lowest BCUT2D eigenvalue weighted by Gasteiger charge is -2.07. The number of carboxylic acid groups (broad SMARTS) is 1. The predicted molar refractivity (Wildman–Crippen MR) is 74.6 cm³/mol. The van der Waals surface area contributed by atoms with E-state index in [0.717, 1.165) is 0 Å². The van der Waals surface area contributed by atoms with E-state index in [4.69, 9.17) is 9.84 Å². The first-order valence-corrected chi connectivity index (χ1v) is 5.99. The van der Waals surface area contributed by atoms with Gasteiger partial charge in [-0.15, -0.1) is 0 Å².